The minimum Gasteiger partial charge on any atom is -0.458 e. The number of sulfone groups is 1. The third-order valence-electron chi connectivity index (χ3n) is 5.28. The molecule has 0 bridgehead atoms. The van der Waals surface area contributed by atoms with E-state index in [0.29, 0.717) is 21.7 Å². The van der Waals surface area contributed by atoms with E-state index >= 15 is 0 Å². The summed E-state index contributed by atoms with van der Waals surface area (Å²) in [5, 5.41) is 5.40. The van der Waals surface area contributed by atoms with Gasteiger partial charge in [-0.15, -0.1) is 0 Å². The number of esters is 1. The van der Waals surface area contributed by atoms with Crippen molar-refractivity contribution < 1.29 is 22.7 Å². The van der Waals surface area contributed by atoms with Gasteiger partial charge >= 0.3 is 12.0 Å². The van der Waals surface area contributed by atoms with E-state index in [2.05, 4.69) is 10.6 Å². The molecular formula is C28H32N2O5S. The Morgan fingerprint density at radius 2 is 1.47 bits per heavy atom. The molecule has 0 fully saturated rings. The maximum atomic E-state index is 12.8. The van der Waals surface area contributed by atoms with Crippen LogP contribution in [0.25, 0.3) is 0 Å². The molecule has 36 heavy (non-hydrogen) atoms. The second kappa shape index (κ2) is 11.4. The number of amides is 2. The lowest BCUT2D eigenvalue weighted by molar-refractivity contribution is -0.157. The Morgan fingerprint density at radius 1 is 0.861 bits per heavy atom. The Labute approximate surface area is 212 Å². The summed E-state index contributed by atoms with van der Waals surface area (Å²) < 4.78 is 31.1. The molecule has 2 amide bonds. The van der Waals surface area contributed by atoms with E-state index in [1.165, 1.54) is 0 Å². The maximum absolute atomic E-state index is 12.8. The average molecular weight is 509 g/mol. The van der Waals surface area contributed by atoms with Crippen molar-refractivity contribution in [3.8, 4) is 0 Å². The molecule has 3 aromatic rings. The fourth-order valence-corrected chi connectivity index (χ4v) is 5.26. The van der Waals surface area contributed by atoms with Crippen LogP contribution in [0.15, 0.2) is 83.8 Å². The molecule has 0 aliphatic rings. The summed E-state index contributed by atoms with van der Waals surface area (Å²) in [4.78, 5) is 25.7. The minimum absolute atomic E-state index is 0.151. The second-order valence-corrected chi connectivity index (χ2v) is 11.6. The number of hydrogen-bond acceptors (Lipinski definition) is 5. The van der Waals surface area contributed by atoms with Gasteiger partial charge in [0, 0.05) is 12.1 Å². The SMILES string of the molecule is Cc1ccccc1S(=O)(=O)Cc1ccc(NC(=O)N[C@@H](Cc2ccccc2)C(=O)OC(C)(C)C)cc1. The number of anilines is 1. The zero-order valence-electron chi connectivity index (χ0n) is 20.9. The van der Waals surface area contributed by atoms with Crippen molar-refractivity contribution in [2.24, 2.45) is 0 Å². The molecule has 1 atom stereocenters. The predicted octanol–water partition coefficient (Wildman–Crippen LogP) is 5.04. The van der Waals surface area contributed by atoms with Crippen molar-refractivity contribution in [2.45, 2.75) is 56.4 Å². The van der Waals surface area contributed by atoms with Gasteiger partial charge < -0.3 is 15.4 Å². The predicted molar refractivity (Wildman–Crippen MR) is 140 cm³/mol. The Balaban J connectivity index is 1.66. The maximum Gasteiger partial charge on any atom is 0.329 e. The Kier molecular flexibility index (Phi) is 8.53. The van der Waals surface area contributed by atoms with Gasteiger partial charge in [0.15, 0.2) is 9.84 Å². The highest BCUT2D eigenvalue weighted by atomic mass is 32.2. The van der Waals surface area contributed by atoms with Crippen molar-refractivity contribution in [2.75, 3.05) is 5.32 Å². The van der Waals surface area contributed by atoms with Gasteiger partial charge in [-0.05, 0) is 62.6 Å². The van der Waals surface area contributed by atoms with Crippen molar-refractivity contribution in [1.29, 1.82) is 0 Å². The lowest BCUT2D eigenvalue weighted by Crippen LogP contribution is -2.47. The normalized spacial score (nSPS) is 12.4. The first kappa shape index (κ1) is 26.9. The molecule has 0 saturated carbocycles. The van der Waals surface area contributed by atoms with E-state index in [-0.39, 0.29) is 12.2 Å². The van der Waals surface area contributed by atoms with Gasteiger partial charge in [-0.25, -0.2) is 18.0 Å². The number of hydrogen-bond donors (Lipinski definition) is 2. The number of urea groups is 1. The standard InChI is InChI=1S/C28H32N2O5S/c1-20-10-8-9-13-25(20)36(33,34)19-22-14-16-23(17-15-22)29-27(32)30-24(26(31)35-28(2,3)4)18-21-11-6-5-7-12-21/h5-17,24H,18-19H2,1-4H3,(H2,29,30,32)/t24-/m0/s1. The average Bonchev–Trinajstić information content (AvgIpc) is 2.79. The van der Waals surface area contributed by atoms with Crippen molar-refractivity contribution >= 4 is 27.5 Å². The van der Waals surface area contributed by atoms with Gasteiger partial charge in [0.1, 0.15) is 11.6 Å². The number of ether oxygens (including phenoxy) is 1. The van der Waals surface area contributed by atoms with E-state index in [0.717, 1.165) is 5.56 Å². The van der Waals surface area contributed by atoms with Gasteiger partial charge in [-0.1, -0.05) is 60.7 Å². The highest BCUT2D eigenvalue weighted by Gasteiger charge is 2.27. The minimum atomic E-state index is -3.50. The van der Waals surface area contributed by atoms with Crippen LogP contribution in [-0.2, 0) is 31.5 Å². The number of benzene rings is 3. The lowest BCUT2D eigenvalue weighted by atomic mass is 10.1. The summed E-state index contributed by atoms with van der Waals surface area (Å²) in [5.41, 5.74) is 1.95. The van der Waals surface area contributed by atoms with Crippen LogP contribution in [0.1, 0.15) is 37.5 Å². The summed E-state index contributed by atoms with van der Waals surface area (Å²) in [6.45, 7) is 7.07. The largest absolute Gasteiger partial charge is 0.458 e. The van der Waals surface area contributed by atoms with Crippen LogP contribution < -0.4 is 10.6 Å². The van der Waals surface area contributed by atoms with E-state index in [1.54, 1.807) is 76.2 Å². The highest BCUT2D eigenvalue weighted by molar-refractivity contribution is 7.90. The molecule has 0 saturated heterocycles. The van der Waals surface area contributed by atoms with Gasteiger partial charge in [0.25, 0.3) is 0 Å². The molecular weight excluding hydrogens is 476 g/mol. The number of rotatable bonds is 8. The number of carbonyl (C=O) groups excluding carboxylic acids is 2. The summed E-state index contributed by atoms with van der Waals surface area (Å²) in [6.07, 6.45) is 0.277. The second-order valence-electron chi connectivity index (χ2n) is 9.60. The first-order chi connectivity index (χ1) is 16.9. The van der Waals surface area contributed by atoms with Crippen LogP contribution in [0.5, 0.6) is 0 Å². The summed E-state index contributed by atoms with van der Waals surface area (Å²) in [5.74, 6) is -0.680. The van der Waals surface area contributed by atoms with E-state index < -0.39 is 33.5 Å². The molecule has 2 N–H and O–H groups in total. The summed E-state index contributed by atoms with van der Waals surface area (Å²) in [7, 11) is -3.50. The number of carbonyl (C=O) groups is 2. The molecule has 3 rings (SSSR count). The summed E-state index contributed by atoms with van der Waals surface area (Å²) in [6, 6.07) is 21.3. The van der Waals surface area contributed by atoms with Crippen LogP contribution in [0.3, 0.4) is 0 Å². The van der Waals surface area contributed by atoms with E-state index in [4.69, 9.17) is 4.74 Å². The Morgan fingerprint density at radius 3 is 2.08 bits per heavy atom. The Hall–Kier alpha value is -3.65. The van der Waals surface area contributed by atoms with Crippen LogP contribution in [0, 0.1) is 6.92 Å². The third-order valence-corrected chi connectivity index (χ3v) is 7.12. The van der Waals surface area contributed by atoms with Gasteiger partial charge in [-0.3, -0.25) is 0 Å². The van der Waals surface area contributed by atoms with E-state index in [9.17, 15) is 18.0 Å². The smallest absolute Gasteiger partial charge is 0.329 e. The first-order valence-electron chi connectivity index (χ1n) is 11.6. The van der Waals surface area contributed by atoms with Crippen molar-refractivity contribution in [3.63, 3.8) is 0 Å². The van der Waals surface area contributed by atoms with Crippen LogP contribution in [-0.4, -0.2) is 32.1 Å². The molecule has 3 aromatic carbocycles. The molecule has 0 unspecified atom stereocenters. The molecule has 0 aliphatic carbocycles. The van der Waals surface area contributed by atoms with Gasteiger partial charge in [0.2, 0.25) is 0 Å². The molecule has 8 heteroatoms. The zero-order chi connectivity index (χ0) is 26.3. The fourth-order valence-electron chi connectivity index (χ4n) is 3.63. The van der Waals surface area contributed by atoms with Crippen molar-refractivity contribution in [3.05, 3.63) is 95.6 Å². The molecule has 190 valence electrons. The molecule has 0 aromatic heterocycles. The third kappa shape index (κ3) is 7.95. The topological polar surface area (TPSA) is 102 Å². The lowest BCUT2D eigenvalue weighted by Gasteiger charge is -2.24. The molecule has 7 nitrogen and oxygen atoms in total. The quantitative estimate of drug-likeness (QED) is 0.415. The van der Waals surface area contributed by atoms with Crippen molar-refractivity contribution in [1.82, 2.24) is 5.32 Å². The van der Waals surface area contributed by atoms with Crippen LogP contribution in [0.2, 0.25) is 0 Å². The monoisotopic (exact) mass is 508 g/mol. The first-order valence-corrected chi connectivity index (χ1v) is 13.3. The Bertz CT molecular complexity index is 1300. The fraction of sp³-hybridized carbons (Fsp3) is 0.286. The highest BCUT2D eigenvalue weighted by Crippen LogP contribution is 2.21. The van der Waals surface area contributed by atoms with Crippen LogP contribution >= 0.6 is 0 Å². The molecule has 0 radical (unpaired) electrons. The molecule has 0 aliphatic heterocycles. The van der Waals surface area contributed by atoms with Gasteiger partial charge in [0.05, 0.1) is 10.6 Å². The zero-order valence-corrected chi connectivity index (χ0v) is 21.8. The van der Waals surface area contributed by atoms with E-state index in [1.807, 2.05) is 30.3 Å². The molecule has 0 spiro atoms. The molecule has 0 heterocycles. The number of nitrogens with one attached hydrogen (secondary N) is 2. The van der Waals surface area contributed by atoms with Crippen LogP contribution in [0.4, 0.5) is 10.5 Å². The number of aryl methyl sites for hydroxylation is 1. The summed E-state index contributed by atoms with van der Waals surface area (Å²) >= 11 is 0. The van der Waals surface area contributed by atoms with Gasteiger partial charge in [-0.2, -0.15) is 0 Å².